The molecule has 0 bridgehead atoms. The smallest absolute Gasteiger partial charge is 0.411 e. The molecule has 0 radical (unpaired) electrons. The van der Waals surface area contributed by atoms with Crippen LogP contribution in [-0.2, 0) is 4.74 Å². The van der Waals surface area contributed by atoms with Crippen molar-refractivity contribution < 1.29 is 32.1 Å². The number of aliphatic hydroxyl groups is 1. The number of hydrogen-bond acceptors (Lipinski definition) is 3. The fraction of sp³-hybridized carbons (Fsp3) is 0.538. The van der Waals surface area contributed by atoms with Gasteiger partial charge in [0.2, 0.25) is 0 Å². The van der Waals surface area contributed by atoms with Crippen LogP contribution in [0.1, 0.15) is 25.0 Å². The first kappa shape index (κ1) is 16.7. The van der Waals surface area contributed by atoms with Crippen LogP contribution in [0.15, 0.2) is 18.2 Å². The highest BCUT2D eigenvalue weighted by molar-refractivity contribution is 5.30. The molecule has 0 aliphatic carbocycles. The normalized spacial score (nSPS) is 13.3. The van der Waals surface area contributed by atoms with Crippen molar-refractivity contribution in [3.05, 3.63) is 29.6 Å². The zero-order valence-electron chi connectivity index (χ0n) is 10.9. The molecule has 0 aliphatic heterocycles. The molecule has 7 heteroatoms. The van der Waals surface area contributed by atoms with E-state index in [1.165, 1.54) is 19.1 Å². The first-order chi connectivity index (χ1) is 9.29. The van der Waals surface area contributed by atoms with Crippen LogP contribution in [0.3, 0.4) is 0 Å². The minimum atomic E-state index is -4.34. The topological polar surface area (TPSA) is 38.7 Å². The first-order valence-electron chi connectivity index (χ1n) is 6.04. The third kappa shape index (κ3) is 6.21. The summed E-state index contributed by atoms with van der Waals surface area (Å²) in [4.78, 5) is 0. The maximum absolute atomic E-state index is 13.5. The standard InChI is InChI=1S/C13H16F4O3/c1-9(18)10-3-4-12(11(14)7-10)20-6-2-5-19-8-13(15,16)17/h3-4,7,9,18H,2,5-6,8H2,1H3/t9-/m0/s1. The molecule has 0 amide bonds. The number of alkyl halides is 3. The van der Waals surface area contributed by atoms with Gasteiger partial charge >= 0.3 is 6.18 Å². The van der Waals surface area contributed by atoms with Crippen molar-refractivity contribution in [3.8, 4) is 5.75 Å². The lowest BCUT2D eigenvalue weighted by Crippen LogP contribution is -2.18. The van der Waals surface area contributed by atoms with E-state index >= 15 is 0 Å². The van der Waals surface area contributed by atoms with Crippen molar-refractivity contribution in [1.29, 1.82) is 0 Å². The van der Waals surface area contributed by atoms with Gasteiger partial charge in [-0.05, 0) is 24.6 Å². The van der Waals surface area contributed by atoms with Crippen molar-refractivity contribution in [2.24, 2.45) is 0 Å². The summed E-state index contributed by atoms with van der Waals surface area (Å²) in [6.45, 7) is 0.132. The lowest BCUT2D eigenvalue weighted by Gasteiger charge is -2.10. The molecule has 1 N–H and O–H groups in total. The highest BCUT2D eigenvalue weighted by atomic mass is 19.4. The molecule has 1 aromatic carbocycles. The number of ether oxygens (including phenoxy) is 2. The van der Waals surface area contributed by atoms with Crippen LogP contribution in [0.5, 0.6) is 5.75 Å². The Labute approximate surface area is 114 Å². The monoisotopic (exact) mass is 296 g/mol. The van der Waals surface area contributed by atoms with Gasteiger partial charge in [-0.3, -0.25) is 0 Å². The average Bonchev–Trinajstić information content (AvgIpc) is 2.33. The molecule has 3 nitrogen and oxygen atoms in total. The van der Waals surface area contributed by atoms with Gasteiger partial charge in [-0.15, -0.1) is 0 Å². The van der Waals surface area contributed by atoms with E-state index in [0.29, 0.717) is 5.56 Å². The Hall–Kier alpha value is -1.34. The Morgan fingerprint density at radius 2 is 1.95 bits per heavy atom. The summed E-state index contributed by atoms with van der Waals surface area (Å²) in [5, 5.41) is 9.26. The SMILES string of the molecule is C[C@H](O)c1ccc(OCCCOCC(F)(F)F)c(F)c1. The molecule has 0 heterocycles. The van der Waals surface area contributed by atoms with Gasteiger partial charge in [-0.25, -0.2) is 4.39 Å². The molecular formula is C13H16F4O3. The van der Waals surface area contributed by atoms with Gasteiger partial charge in [0.25, 0.3) is 0 Å². The van der Waals surface area contributed by atoms with Gasteiger partial charge in [0.1, 0.15) is 6.61 Å². The third-order valence-electron chi connectivity index (χ3n) is 2.39. The second kappa shape index (κ2) is 7.44. The number of benzene rings is 1. The molecule has 1 rings (SSSR count). The lowest BCUT2D eigenvalue weighted by molar-refractivity contribution is -0.174. The Bertz CT molecular complexity index is 419. The molecule has 0 saturated heterocycles. The molecule has 0 aromatic heterocycles. The van der Waals surface area contributed by atoms with Crippen LogP contribution in [-0.4, -0.2) is 31.1 Å². The minimum absolute atomic E-state index is 0.00905. The Kier molecular flexibility index (Phi) is 6.22. The third-order valence-corrected chi connectivity index (χ3v) is 2.39. The second-order valence-corrected chi connectivity index (χ2v) is 4.24. The maximum Gasteiger partial charge on any atom is 0.411 e. The van der Waals surface area contributed by atoms with Crippen LogP contribution in [0.25, 0.3) is 0 Å². The zero-order chi connectivity index (χ0) is 15.2. The van der Waals surface area contributed by atoms with Crippen LogP contribution in [0.2, 0.25) is 0 Å². The Balaban J connectivity index is 2.29. The fourth-order valence-electron chi connectivity index (χ4n) is 1.43. The molecule has 0 saturated carbocycles. The van der Waals surface area contributed by atoms with Crippen LogP contribution in [0, 0.1) is 5.82 Å². The van der Waals surface area contributed by atoms with E-state index in [-0.39, 0.29) is 25.4 Å². The number of aliphatic hydroxyl groups excluding tert-OH is 1. The zero-order valence-corrected chi connectivity index (χ0v) is 10.9. The van der Waals surface area contributed by atoms with Crippen molar-refractivity contribution in [3.63, 3.8) is 0 Å². The fourth-order valence-corrected chi connectivity index (χ4v) is 1.43. The van der Waals surface area contributed by atoms with Gasteiger partial charge in [0, 0.05) is 6.42 Å². The second-order valence-electron chi connectivity index (χ2n) is 4.24. The number of halogens is 4. The highest BCUT2D eigenvalue weighted by Crippen LogP contribution is 2.22. The highest BCUT2D eigenvalue weighted by Gasteiger charge is 2.27. The Morgan fingerprint density at radius 3 is 2.50 bits per heavy atom. The van der Waals surface area contributed by atoms with Crippen molar-refractivity contribution in [2.75, 3.05) is 19.8 Å². The van der Waals surface area contributed by atoms with E-state index in [4.69, 9.17) is 4.74 Å². The summed E-state index contributed by atoms with van der Waals surface area (Å²) in [6, 6.07) is 4.04. The summed E-state index contributed by atoms with van der Waals surface area (Å²) in [5.41, 5.74) is 0.420. The molecule has 1 aromatic rings. The van der Waals surface area contributed by atoms with E-state index in [1.54, 1.807) is 0 Å². The molecule has 1 atom stereocenters. The summed E-state index contributed by atoms with van der Waals surface area (Å²) in [7, 11) is 0. The molecule has 0 unspecified atom stereocenters. The molecule has 114 valence electrons. The molecule has 0 spiro atoms. The van der Waals surface area contributed by atoms with Crippen molar-refractivity contribution in [2.45, 2.75) is 25.6 Å². The van der Waals surface area contributed by atoms with E-state index in [2.05, 4.69) is 4.74 Å². The summed E-state index contributed by atoms with van der Waals surface area (Å²) < 4.78 is 58.3. The first-order valence-corrected chi connectivity index (χ1v) is 6.04. The van der Waals surface area contributed by atoms with Crippen LogP contribution in [0.4, 0.5) is 17.6 Å². The van der Waals surface area contributed by atoms with Crippen molar-refractivity contribution >= 4 is 0 Å². The summed E-state index contributed by atoms with van der Waals surface area (Å²) >= 11 is 0. The quantitative estimate of drug-likeness (QED) is 0.620. The van der Waals surface area contributed by atoms with E-state index in [1.807, 2.05) is 0 Å². The maximum atomic E-state index is 13.5. The van der Waals surface area contributed by atoms with Crippen LogP contribution < -0.4 is 4.74 Å². The largest absolute Gasteiger partial charge is 0.490 e. The average molecular weight is 296 g/mol. The molecular weight excluding hydrogens is 280 g/mol. The van der Waals surface area contributed by atoms with E-state index in [0.717, 1.165) is 6.07 Å². The molecule has 20 heavy (non-hydrogen) atoms. The minimum Gasteiger partial charge on any atom is -0.490 e. The predicted octanol–water partition coefficient (Wildman–Crippen LogP) is 3.23. The molecule has 0 fully saturated rings. The van der Waals surface area contributed by atoms with Crippen LogP contribution >= 0.6 is 0 Å². The lowest BCUT2D eigenvalue weighted by atomic mass is 10.1. The molecule has 0 aliphatic rings. The van der Waals surface area contributed by atoms with E-state index in [9.17, 15) is 22.7 Å². The number of hydrogen-bond donors (Lipinski definition) is 1. The number of rotatable bonds is 7. The predicted molar refractivity (Wildman–Crippen MR) is 64.0 cm³/mol. The summed E-state index contributed by atoms with van der Waals surface area (Å²) in [5.74, 6) is -0.634. The van der Waals surface area contributed by atoms with Crippen molar-refractivity contribution in [1.82, 2.24) is 0 Å². The van der Waals surface area contributed by atoms with Gasteiger partial charge in [0.15, 0.2) is 11.6 Å². The van der Waals surface area contributed by atoms with Gasteiger partial charge in [0.05, 0.1) is 19.3 Å². The summed E-state index contributed by atoms with van der Waals surface area (Å²) in [6.07, 6.45) is -4.91. The van der Waals surface area contributed by atoms with Gasteiger partial charge < -0.3 is 14.6 Å². The van der Waals surface area contributed by atoms with Gasteiger partial charge in [-0.2, -0.15) is 13.2 Å². The van der Waals surface area contributed by atoms with E-state index < -0.39 is 24.7 Å². The Morgan fingerprint density at radius 1 is 1.25 bits per heavy atom. The van der Waals surface area contributed by atoms with Gasteiger partial charge in [-0.1, -0.05) is 6.07 Å².